The molecule has 7 heteroatoms. The maximum absolute atomic E-state index is 6.05. The van der Waals surface area contributed by atoms with Crippen LogP contribution in [0.1, 0.15) is 27.7 Å². The minimum atomic E-state index is -0.451. The molecule has 2 heterocycles. The van der Waals surface area contributed by atoms with E-state index in [2.05, 4.69) is 43.5 Å². The van der Waals surface area contributed by atoms with E-state index in [1.54, 1.807) is 7.11 Å². The Labute approximate surface area is 136 Å². The van der Waals surface area contributed by atoms with Gasteiger partial charge in [-0.3, -0.25) is 0 Å². The second-order valence-corrected chi connectivity index (χ2v) is 7.30. The van der Waals surface area contributed by atoms with Gasteiger partial charge in [-0.2, -0.15) is 0 Å². The van der Waals surface area contributed by atoms with Crippen molar-refractivity contribution in [3.05, 3.63) is 14.4 Å². The van der Waals surface area contributed by atoms with Crippen LogP contribution in [0, 0.1) is 3.70 Å². The van der Waals surface area contributed by atoms with Gasteiger partial charge in [-0.05, 0) is 72.3 Å². The molecule has 1 fully saturated rings. The SMILES string of the molecule is COc1c(B2OC(C)(C)C(C)(C)O2)cc(I)nc1Br. The molecule has 0 aliphatic carbocycles. The average molecular weight is 440 g/mol. The smallest absolute Gasteiger partial charge is 0.494 e. The zero-order valence-electron chi connectivity index (χ0n) is 11.6. The quantitative estimate of drug-likeness (QED) is 0.403. The van der Waals surface area contributed by atoms with E-state index in [-0.39, 0.29) is 11.2 Å². The number of methoxy groups -OCH3 is 1. The van der Waals surface area contributed by atoms with E-state index in [1.165, 1.54) is 0 Å². The van der Waals surface area contributed by atoms with Gasteiger partial charge in [0.1, 0.15) is 8.30 Å². The summed E-state index contributed by atoms with van der Waals surface area (Å²) in [6, 6.07) is 1.92. The number of pyridine rings is 1. The topological polar surface area (TPSA) is 40.6 Å². The zero-order valence-corrected chi connectivity index (χ0v) is 15.3. The van der Waals surface area contributed by atoms with Crippen LogP contribution in [0.5, 0.6) is 5.75 Å². The van der Waals surface area contributed by atoms with Crippen LogP contribution in [0.2, 0.25) is 0 Å². The molecule has 0 N–H and O–H groups in total. The molecule has 0 atom stereocenters. The Morgan fingerprint density at radius 1 is 1.26 bits per heavy atom. The molecule has 2 rings (SSSR count). The molecule has 1 aliphatic heterocycles. The summed E-state index contributed by atoms with van der Waals surface area (Å²) in [6.45, 7) is 8.11. The highest BCUT2D eigenvalue weighted by Crippen LogP contribution is 2.37. The number of ether oxygens (including phenoxy) is 1. The van der Waals surface area contributed by atoms with Crippen LogP contribution in [0.3, 0.4) is 0 Å². The molecule has 0 saturated carbocycles. The number of rotatable bonds is 2. The van der Waals surface area contributed by atoms with Crippen molar-refractivity contribution in [1.82, 2.24) is 4.98 Å². The lowest BCUT2D eigenvalue weighted by atomic mass is 9.79. The first-order valence-corrected chi connectivity index (χ1v) is 7.80. The van der Waals surface area contributed by atoms with E-state index >= 15 is 0 Å². The first-order valence-electron chi connectivity index (χ1n) is 5.93. The molecule has 0 unspecified atom stereocenters. The van der Waals surface area contributed by atoms with E-state index in [0.717, 1.165) is 9.16 Å². The summed E-state index contributed by atoms with van der Waals surface area (Å²) < 4.78 is 19.0. The molecule has 0 amide bonds. The van der Waals surface area contributed by atoms with Crippen molar-refractivity contribution >= 4 is 51.1 Å². The van der Waals surface area contributed by atoms with Gasteiger partial charge in [0.2, 0.25) is 0 Å². The number of hydrogen-bond acceptors (Lipinski definition) is 4. The lowest BCUT2D eigenvalue weighted by molar-refractivity contribution is 0.00578. The first-order chi connectivity index (χ1) is 8.68. The highest BCUT2D eigenvalue weighted by molar-refractivity contribution is 14.1. The number of halogens is 2. The Balaban J connectivity index is 2.45. The summed E-state index contributed by atoms with van der Waals surface area (Å²) in [5, 5.41) is 0. The number of hydrogen-bond donors (Lipinski definition) is 0. The molecule has 4 nitrogen and oxygen atoms in total. The molecule has 0 aromatic carbocycles. The van der Waals surface area contributed by atoms with E-state index in [9.17, 15) is 0 Å². The van der Waals surface area contributed by atoms with E-state index in [4.69, 9.17) is 14.0 Å². The van der Waals surface area contributed by atoms with Crippen LogP contribution in [0.15, 0.2) is 10.7 Å². The summed E-state index contributed by atoms with van der Waals surface area (Å²) in [5.74, 6) is 0.652. The van der Waals surface area contributed by atoms with Crippen LogP contribution in [0.4, 0.5) is 0 Å². The lowest BCUT2D eigenvalue weighted by Crippen LogP contribution is -2.41. The fourth-order valence-corrected chi connectivity index (χ4v) is 3.33. The molecule has 0 spiro atoms. The van der Waals surface area contributed by atoms with Crippen LogP contribution in [0.25, 0.3) is 0 Å². The zero-order chi connectivity index (χ0) is 14.4. The Morgan fingerprint density at radius 2 is 1.79 bits per heavy atom. The molecule has 0 bridgehead atoms. The van der Waals surface area contributed by atoms with Gasteiger partial charge in [-0.15, -0.1) is 0 Å². The van der Waals surface area contributed by atoms with Gasteiger partial charge in [0.25, 0.3) is 0 Å². The third-order valence-electron chi connectivity index (χ3n) is 3.64. The second-order valence-electron chi connectivity index (χ2n) is 5.45. The van der Waals surface area contributed by atoms with Gasteiger partial charge in [-0.1, -0.05) is 0 Å². The minimum Gasteiger partial charge on any atom is -0.494 e. The maximum Gasteiger partial charge on any atom is 0.498 e. The minimum absolute atomic E-state index is 0.371. The Bertz CT molecular complexity index is 494. The van der Waals surface area contributed by atoms with Gasteiger partial charge in [0, 0.05) is 5.46 Å². The predicted octanol–water partition coefficient (Wildman–Crippen LogP) is 2.76. The van der Waals surface area contributed by atoms with Gasteiger partial charge >= 0.3 is 7.12 Å². The van der Waals surface area contributed by atoms with Crippen LogP contribution in [-0.2, 0) is 9.31 Å². The lowest BCUT2D eigenvalue weighted by Gasteiger charge is -2.32. The Hall–Kier alpha value is 0.145. The predicted molar refractivity (Wildman–Crippen MR) is 86.9 cm³/mol. The van der Waals surface area contributed by atoms with Crippen molar-refractivity contribution in [2.45, 2.75) is 38.9 Å². The monoisotopic (exact) mass is 439 g/mol. The van der Waals surface area contributed by atoms with Crippen LogP contribution >= 0.6 is 38.5 Å². The first kappa shape index (κ1) is 15.5. The largest absolute Gasteiger partial charge is 0.498 e. The number of nitrogens with zero attached hydrogens (tertiary/aromatic N) is 1. The molecule has 1 aromatic rings. The van der Waals surface area contributed by atoms with Gasteiger partial charge < -0.3 is 14.0 Å². The summed E-state index contributed by atoms with van der Waals surface area (Å²) in [4.78, 5) is 4.32. The molecule has 0 radical (unpaired) electrons. The molecular formula is C12H16BBrINO3. The maximum atomic E-state index is 6.05. The van der Waals surface area contributed by atoms with Crippen molar-refractivity contribution in [1.29, 1.82) is 0 Å². The van der Waals surface area contributed by atoms with Gasteiger partial charge in [0.15, 0.2) is 5.75 Å². The van der Waals surface area contributed by atoms with Crippen molar-refractivity contribution < 1.29 is 14.0 Å². The Kier molecular flexibility index (Phi) is 4.22. The van der Waals surface area contributed by atoms with E-state index in [1.807, 2.05) is 33.8 Å². The van der Waals surface area contributed by atoms with Crippen molar-refractivity contribution in [2.75, 3.05) is 7.11 Å². The molecule has 104 valence electrons. The van der Waals surface area contributed by atoms with Gasteiger partial charge in [-0.25, -0.2) is 4.98 Å². The summed E-state index contributed by atoms with van der Waals surface area (Å²) in [5.41, 5.74) is 0.112. The van der Waals surface area contributed by atoms with Gasteiger partial charge in [0.05, 0.1) is 18.3 Å². The Morgan fingerprint density at radius 3 is 2.26 bits per heavy atom. The van der Waals surface area contributed by atoms with Crippen LogP contribution in [-0.4, -0.2) is 30.4 Å². The third kappa shape index (κ3) is 2.79. The fourth-order valence-electron chi connectivity index (χ4n) is 1.84. The molecular weight excluding hydrogens is 424 g/mol. The van der Waals surface area contributed by atoms with E-state index in [0.29, 0.717) is 10.4 Å². The van der Waals surface area contributed by atoms with Crippen molar-refractivity contribution in [2.24, 2.45) is 0 Å². The second kappa shape index (κ2) is 5.16. The molecule has 1 aliphatic rings. The standard InChI is InChI=1S/C12H16BBrINO3/c1-11(2)12(3,4)19-13(18-11)7-6-8(15)16-10(14)9(7)17-5/h6H,1-5H3. The highest BCUT2D eigenvalue weighted by atomic mass is 127. The van der Waals surface area contributed by atoms with Crippen molar-refractivity contribution in [3.8, 4) is 5.75 Å². The summed E-state index contributed by atoms with van der Waals surface area (Å²) in [6.07, 6.45) is 0. The average Bonchev–Trinajstić information content (AvgIpc) is 2.47. The van der Waals surface area contributed by atoms with Crippen molar-refractivity contribution in [3.63, 3.8) is 0 Å². The fraction of sp³-hybridized carbons (Fsp3) is 0.583. The number of aromatic nitrogens is 1. The summed E-state index contributed by atoms with van der Waals surface area (Å²) in [7, 11) is 1.16. The molecule has 1 saturated heterocycles. The normalized spacial score (nSPS) is 20.7. The molecule has 1 aromatic heterocycles. The van der Waals surface area contributed by atoms with E-state index < -0.39 is 7.12 Å². The molecule has 19 heavy (non-hydrogen) atoms. The summed E-state index contributed by atoms with van der Waals surface area (Å²) >= 11 is 5.57. The third-order valence-corrected chi connectivity index (χ3v) is 4.73. The highest BCUT2D eigenvalue weighted by Gasteiger charge is 2.52. The van der Waals surface area contributed by atoms with Crippen LogP contribution < -0.4 is 10.2 Å².